The number of rotatable bonds is 6. The van der Waals surface area contributed by atoms with Crippen molar-refractivity contribution in [1.82, 2.24) is 20.2 Å². The van der Waals surface area contributed by atoms with Crippen LogP contribution in [0.25, 0.3) is 0 Å². The Morgan fingerprint density at radius 1 is 1.43 bits per heavy atom. The molecular formula is C11H12ClN5O3S3. The predicted molar refractivity (Wildman–Crippen MR) is 89.0 cm³/mol. The van der Waals surface area contributed by atoms with Gasteiger partial charge in [-0.05, 0) is 12.7 Å². The zero-order chi connectivity index (χ0) is 17.0. The number of amides is 1. The normalized spacial score (nSPS) is 11.4. The van der Waals surface area contributed by atoms with Crippen LogP contribution in [0.1, 0.15) is 23.8 Å². The number of carbonyl (C=O) groups excluding carboxylic acids is 1. The van der Waals surface area contributed by atoms with Gasteiger partial charge in [-0.3, -0.25) is 10.1 Å². The zero-order valence-electron chi connectivity index (χ0n) is 12.1. The Morgan fingerprint density at radius 3 is 2.78 bits per heavy atom. The molecule has 0 saturated carbocycles. The topological polar surface area (TPSA) is 115 Å². The van der Waals surface area contributed by atoms with Gasteiger partial charge in [0.25, 0.3) is 5.91 Å². The summed E-state index contributed by atoms with van der Waals surface area (Å²) in [5.41, 5.74) is -0.225. The van der Waals surface area contributed by atoms with Crippen LogP contribution in [0, 0.1) is 0 Å². The molecule has 1 N–H and O–H groups in total. The first-order valence-electron chi connectivity index (χ1n) is 6.31. The second-order valence-electron chi connectivity index (χ2n) is 4.20. The molecule has 0 aliphatic carbocycles. The minimum Gasteiger partial charge on any atom is -0.295 e. The van der Waals surface area contributed by atoms with E-state index in [2.05, 4.69) is 25.5 Å². The lowest BCUT2D eigenvalue weighted by atomic mass is 10.4. The van der Waals surface area contributed by atoms with E-state index in [0.717, 1.165) is 6.20 Å². The highest BCUT2D eigenvalue weighted by Crippen LogP contribution is 2.24. The van der Waals surface area contributed by atoms with Gasteiger partial charge >= 0.3 is 0 Å². The number of anilines is 1. The summed E-state index contributed by atoms with van der Waals surface area (Å²) in [6.45, 7) is 1.72. The highest BCUT2D eigenvalue weighted by molar-refractivity contribution is 8.00. The largest absolute Gasteiger partial charge is 0.295 e. The third-order valence-electron chi connectivity index (χ3n) is 2.49. The molecule has 2 aromatic rings. The molecule has 0 atom stereocenters. The van der Waals surface area contributed by atoms with Gasteiger partial charge < -0.3 is 0 Å². The van der Waals surface area contributed by atoms with Gasteiger partial charge in [-0.15, -0.1) is 10.2 Å². The number of nitrogens with zero attached hydrogens (tertiary/aromatic N) is 4. The van der Waals surface area contributed by atoms with E-state index in [9.17, 15) is 13.2 Å². The lowest BCUT2D eigenvalue weighted by Gasteiger charge is -2.05. The number of hydrogen-bond donors (Lipinski definition) is 1. The molecule has 0 bridgehead atoms. The first-order chi connectivity index (χ1) is 10.9. The lowest BCUT2D eigenvalue weighted by Crippen LogP contribution is -2.18. The molecule has 0 saturated heterocycles. The minimum absolute atomic E-state index is 0.0486. The highest BCUT2D eigenvalue weighted by atomic mass is 35.5. The number of carbonyl (C=O) groups is 1. The maximum atomic E-state index is 12.2. The molecule has 8 nitrogen and oxygen atoms in total. The first-order valence-corrected chi connectivity index (χ1v) is 10.4. The van der Waals surface area contributed by atoms with E-state index in [1.54, 1.807) is 6.92 Å². The van der Waals surface area contributed by atoms with E-state index >= 15 is 0 Å². The average Bonchev–Trinajstić information content (AvgIpc) is 2.95. The minimum atomic E-state index is -3.65. The molecule has 0 spiro atoms. The Morgan fingerprint density at radius 2 is 2.17 bits per heavy atom. The summed E-state index contributed by atoms with van der Waals surface area (Å²) >= 11 is 8.47. The fourth-order valence-electron chi connectivity index (χ4n) is 1.52. The van der Waals surface area contributed by atoms with Crippen LogP contribution in [0.4, 0.5) is 5.13 Å². The Bertz CT molecular complexity index is 824. The van der Waals surface area contributed by atoms with Crippen LogP contribution in [0.2, 0.25) is 5.02 Å². The molecule has 0 aliphatic heterocycles. The van der Waals surface area contributed by atoms with Crippen LogP contribution in [0.15, 0.2) is 15.7 Å². The molecular weight excluding hydrogens is 382 g/mol. The average molecular weight is 394 g/mol. The molecule has 1 amide bonds. The van der Waals surface area contributed by atoms with Gasteiger partial charge in [-0.25, -0.2) is 18.4 Å². The fraction of sp³-hybridized carbons (Fsp3) is 0.364. The van der Waals surface area contributed by atoms with Crippen molar-refractivity contribution in [2.45, 2.75) is 22.8 Å². The molecule has 2 rings (SSSR count). The molecule has 12 heteroatoms. The Balaban J connectivity index is 2.29. The summed E-state index contributed by atoms with van der Waals surface area (Å²) < 4.78 is 24.7. The van der Waals surface area contributed by atoms with Crippen LogP contribution in [-0.2, 0) is 9.84 Å². The van der Waals surface area contributed by atoms with Crippen molar-refractivity contribution in [2.75, 3.05) is 17.3 Å². The Labute approximate surface area is 146 Å². The summed E-state index contributed by atoms with van der Waals surface area (Å²) in [5, 5.41) is 9.92. The molecule has 0 aliphatic rings. The maximum absolute atomic E-state index is 12.2. The Kier molecular flexibility index (Phi) is 5.89. The van der Waals surface area contributed by atoms with Gasteiger partial charge in [0, 0.05) is 0 Å². The number of sulfone groups is 1. The molecule has 0 fully saturated rings. The number of nitrogens with one attached hydrogen (secondary N) is 1. The van der Waals surface area contributed by atoms with Gasteiger partial charge in [0.15, 0.2) is 10.0 Å². The van der Waals surface area contributed by atoms with Crippen LogP contribution in [0.3, 0.4) is 0 Å². The van der Waals surface area contributed by atoms with E-state index < -0.39 is 20.9 Å². The molecule has 23 heavy (non-hydrogen) atoms. The molecule has 0 unspecified atom stereocenters. The van der Waals surface area contributed by atoms with E-state index in [4.69, 9.17) is 11.6 Å². The van der Waals surface area contributed by atoms with Gasteiger partial charge in [0.1, 0.15) is 0 Å². The van der Waals surface area contributed by atoms with Crippen molar-refractivity contribution in [3.8, 4) is 0 Å². The number of hydrogen-bond acceptors (Lipinski definition) is 9. The molecule has 0 aromatic carbocycles. The monoisotopic (exact) mass is 393 g/mol. The quantitative estimate of drug-likeness (QED) is 0.451. The molecule has 124 valence electrons. The van der Waals surface area contributed by atoms with Crippen molar-refractivity contribution in [3.05, 3.63) is 16.9 Å². The van der Waals surface area contributed by atoms with Crippen molar-refractivity contribution in [3.63, 3.8) is 0 Å². The van der Waals surface area contributed by atoms with Crippen LogP contribution in [0.5, 0.6) is 0 Å². The summed E-state index contributed by atoms with van der Waals surface area (Å²) in [5.74, 6) is -0.780. The second kappa shape index (κ2) is 7.51. The van der Waals surface area contributed by atoms with Gasteiger partial charge in [0.05, 0.1) is 17.0 Å². The summed E-state index contributed by atoms with van der Waals surface area (Å²) in [6.07, 6.45) is 3.34. The zero-order valence-corrected chi connectivity index (χ0v) is 15.3. The highest BCUT2D eigenvalue weighted by Gasteiger charge is 2.22. The van der Waals surface area contributed by atoms with Gasteiger partial charge in [-0.2, -0.15) is 0 Å². The van der Waals surface area contributed by atoms with Crippen molar-refractivity contribution < 1.29 is 13.2 Å². The molecule has 2 aromatic heterocycles. The summed E-state index contributed by atoms with van der Waals surface area (Å²) in [4.78, 5) is 19.7. The van der Waals surface area contributed by atoms with E-state index in [-0.39, 0.29) is 21.6 Å². The van der Waals surface area contributed by atoms with Crippen molar-refractivity contribution in [1.29, 1.82) is 0 Å². The van der Waals surface area contributed by atoms with Gasteiger partial charge in [-0.1, -0.05) is 41.6 Å². The van der Waals surface area contributed by atoms with Crippen molar-refractivity contribution in [2.24, 2.45) is 0 Å². The predicted octanol–water partition coefficient (Wildman–Crippen LogP) is 2.14. The SMILES string of the molecule is CCCS(=O)(=O)c1ncc(Cl)c(C(=O)Nc2nnc(SC)s2)n1. The number of thioether (sulfide) groups is 1. The molecule has 2 heterocycles. The van der Waals surface area contributed by atoms with E-state index in [0.29, 0.717) is 10.8 Å². The number of aromatic nitrogens is 4. The standard InChI is InChI=1S/C11H12ClN5O3S3/c1-3-4-23(19,20)10-13-5-6(12)7(14-10)8(18)15-9-16-17-11(21-2)22-9/h5H,3-4H2,1-2H3,(H,15,16,18). The van der Waals surface area contributed by atoms with Gasteiger partial charge in [0.2, 0.25) is 20.1 Å². The second-order valence-corrected chi connectivity index (χ2v) is 8.64. The van der Waals surface area contributed by atoms with Crippen LogP contribution < -0.4 is 5.32 Å². The number of halogens is 1. The Hall–Kier alpha value is -1.30. The summed E-state index contributed by atoms with van der Waals surface area (Å²) in [7, 11) is -3.65. The van der Waals surface area contributed by atoms with E-state index in [1.807, 2.05) is 6.26 Å². The fourth-order valence-corrected chi connectivity index (χ4v) is 4.02. The third-order valence-corrected chi connectivity index (χ3v) is 6.28. The molecule has 0 radical (unpaired) electrons. The lowest BCUT2D eigenvalue weighted by molar-refractivity contribution is 0.102. The smallest absolute Gasteiger partial charge is 0.277 e. The van der Waals surface area contributed by atoms with E-state index in [1.165, 1.54) is 23.1 Å². The van der Waals surface area contributed by atoms with Crippen LogP contribution in [-0.4, -0.2) is 46.5 Å². The summed E-state index contributed by atoms with van der Waals surface area (Å²) in [6, 6.07) is 0. The maximum Gasteiger partial charge on any atom is 0.277 e. The first kappa shape index (κ1) is 18.0. The van der Waals surface area contributed by atoms with Crippen LogP contribution >= 0.6 is 34.7 Å². The van der Waals surface area contributed by atoms with Crippen molar-refractivity contribution >= 4 is 55.6 Å². The third kappa shape index (κ3) is 4.37.